The zero-order valence-corrected chi connectivity index (χ0v) is 9.88. The molecule has 1 aliphatic rings. The summed E-state index contributed by atoms with van der Waals surface area (Å²) in [5.41, 5.74) is 0. The van der Waals surface area contributed by atoms with E-state index in [9.17, 15) is 4.79 Å². The second-order valence-electron chi connectivity index (χ2n) is 4.04. The highest BCUT2D eigenvalue weighted by molar-refractivity contribution is 6.17. The third-order valence-electron chi connectivity index (χ3n) is 2.93. The molecule has 0 aromatic carbocycles. The zero-order chi connectivity index (χ0) is 11.1. The highest BCUT2D eigenvalue weighted by Gasteiger charge is 2.25. The van der Waals surface area contributed by atoms with Gasteiger partial charge >= 0.3 is 0 Å². The molecular formula is C11H20ClNO2. The number of alkyl halides is 1. The van der Waals surface area contributed by atoms with Crippen molar-refractivity contribution in [1.29, 1.82) is 0 Å². The fourth-order valence-electron chi connectivity index (χ4n) is 2.14. The first-order valence-electron chi connectivity index (χ1n) is 5.76. The second-order valence-corrected chi connectivity index (χ2v) is 4.42. The average Bonchev–Trinajstić information content (AvgIpc) is 2.27. The molecule has 0 radical (unpaired) electrons. The number of carbonyl (C=O) groups excluding carboxylic acids is 1. The molecule has 1 saturated heterocycles. The molecule has 1 N–H and O–H groups in total. The van der Waals surface area contributed by atoms with Gasteiger partial charge in [0.05, 0.1) is 0 Å². The molecule has 0 aliphatic carbocycles. The molecule has 0 saturated carbocycles. The Balaban J connectivity index is 2.43. The van der Waals surface area contributed by atoms with Crippen LogP contribution in [0, 0.1) is 0 Å². The Bertz CT molecular complexity index is 197. The minimum Gasteiger partial charge on any atom is -0.396 e. The fourth-order valence-corrected chi connectivity index (χ4v) is 2.27. The lowest BCUT2D eigenvalue weighted by molar-refractivity contribution is -0.135. The lowest BCUT2D eigenvalue weighted by Gasteiger charge is -2.35. The Hall–Kier alpha value is -0.280. The Kier molecular flexibility index (Phi) is 6.03. The topological polar surface area (TPSA) is 40.5 Å². The summed E-state index contributed by atoms with van der Waals surface area (Å²) in [6.45, 7) is 1.02. The van der Waals surface area contributed by atoms with E-state index in [1.165, 1.54) is 6.42 Å². The first kappa shape index (κ1) is 12.8. The molecule has 0 bridgehead atoms. The van der Waals surface area contributed by atoms with Gasteiger partial charge in [-0.2, -0.15) is 0 Å². The number of piperidine rings is 1. The molecule has 4 heteroatoms. The van der Waals surface area contributed by atoms with Crippen molar-refractivity contribution in [3.8, 4) is 0 Å². The van der Waals surface area contributed by atoms with Gasteiger partial charge in [-0.05, 0) is 32.1 Å². The molecule has 1 amide bonds. The molecule has 0 aromatic heterocycles. The molecule has 0 spiro atoms. The van der Waals surface area contributed by atoms with Crippen molar-refractivity contribution in [3.63, 3.8) is 0 Å². The van der Waals surface area contributed by atoms with Crippen molar-refractivity contribution in [2.45, 2.75) is 44.6 Å². The number of hydrogen-bond acceptors (Lipinski definition) is 2. The van der Waals surface area contributed by atoms with Crippen molar-refractivity contribution in [2.24, 2.45) is 0 Å². The number of likely N-dealkylation sites (tertiary alicyclic amines) is 1. The van der Waals surface area contributed by atoms with E-state index in [4.69, 9.17) is 16.7 Å². The van der Waals surface area contributed by atoms with Gasteiger partial charge in [0.15, 0.2) is 0 Å². The normalized spacial score (nSPS) is 21.7. The Labute approximate surface area is 96.4 Å². The van der Waals surface area contributed by atoms with Gasteiger partial charge in [-0.1, -0.05) is 0 Å². The summed E-state index contributed by atoms with van der Waals surface area (Å²) in [5, 5.41) is 8.94. The number of carbonyl (C=O) groups is 1. The number of halogens is 1. The monoisotopic (exact) mass is 233 g/mol. The Morgan fingerprint density at radius 3 is 2.93 bits per heavy atom. The van der Waals surface area contributed by atoms with E-state index in [-0.39, 0.29) is 18.6 Å². The molecule has 1 heterocycles. The fraction of sp³-hybridized carbons (Fsp3) is 0.909. The van der Waals surface area contributed by atoms with Crippen molar-refractivity contribution < 1.29 is 9.90 Å². The molecule has 1 unspecified atom stereocenters. The van der Waals surface area contributed by atoms with E-state index in [2.05, 4.69) is 0 Å². The van der Waals surface area contributed by atoms with Gasteiger partial charge in [0.1, 0.15) is 0 Å². The van der Waals surface area contributed by atoms with Gasteiger partial charge in [-0.3, -0.25) is 4.79 Å². The first-order chi connectivity index (χ1) is 7.29. The van der Waals surface area contributed by atoms with E-state index >= 15 is 0 Å². The molecule has 1 rings (SSSR count). The van der Waals surface area contributed by atoms with E-state index in [0.717, 1.165) is 25.8 Å². The molecule has 3 nitrogen and oxygen atoms in total. The third kappa shape index (κ3) is 3.99. The predicted octanol–water partition coefficient (Wildman–Crippen LogP) is 1.77. The highest BCUT2D eigenvalue weighted by Crippen LogP contribution is 2.20. The standard InChI is InChI=1S/C11H20ClNO2/c12-7-3-5-11(15)13-8-2-1-4-10(13)6-9-14/h10,14H,1-9H2. The maximum absolute atomic E-state index is 11.8. The van der Waals surface area contributed by atoms with E-state index in [0.29, 0.717) is 18.7 Å². The summed E-state index contributed by atoms with van der Waals surface area (Å²) < 4.78 is 0. The largest absolute Gasteiger partial charge is 0.396 e. The van der Waals surface area contributed by atoms with Gasteiger partial charge in [0.25, 0.3) is 0 Å². The molecule has 1 fully saturated rings. The van der Waals surface area contributed by atoms with Gasteiger partial charge in [-0.25, -0.2) is 0 Å². The Morgan fingerprint density at radius 1 is 1.47 bits per heavy atom. The highest BCUT2D eigenvalue weighted by atomic mass is 35.5. The average molecular weight is 234 g/mol. The zero-order valence-electron chi connectivity index (χ0n) is 9.12. The van der Waals surface area contributed by atoms with Gasteiger partial charge in [0.2, 0.25) is 5.91 Å². The van der Waals surface area contributed by atoms with Crippen LogP contribution in [0.25, 0.3) is 0 Å². The van der Waals surface area contributed by atoms with Crippen LogP contribution in [-0.2, 0) is 4.79 Å². The Morgan fingerprint density at radius 2 is 2.27 bits per heavy atom. The number of aliphatic hydroxyl groups is 1. The predicted molar refractivity (Wildman–Crippen MR) is 61.0 cm³/mol. The van der Waals surface area contributed by atoms with E-state index in [1.54, 1.807) is 0 Å². The SMILES string of the molecule is O=C(CCCCl)N1CCCCC1CCO. The quantitative estimate of drug-likeness (QED) is 0.736. The van der Waals surface area contributed by atoms with Crippen LogP contribution in [0.1, 0.15) is 38.5 Å². The molecule has 0 aromatic rings. The minimum absolute atomic E-state index is 0.171. The van der Waals surface area contributed by atoms with Crippen LogP contribution in [-0.4, -0.2) is 41.0 Å². The van der Waals surface area contributed by atoms with Crippen molar-refractivity contribution in [2.75, 3.05) is 19.0 Å². The molecular weight excluding hydrogens is 214 g/mol. The number of hydrogen-bond donors (Lipinski definition) is 1. The summed E-state index contributed by atoms with van der Waals surface area (Å²) in [7, 11) is 0. The molecule has 88 valence electrons. The van der Waals surface area contributed by atoms with Gasteiger partial charge in [-0.15, -0.1) is 11.6 Å². The minimum atomic E-state index is 0.171. The van der Waals surface area contributed by atoms with Crippen LogP contribution in [0.3, 0.4) is 0 Å². The summed E-state index contributed by atoms with van der Waals surface area (Å²) >= 11 is 5.57. The van der Waals surface area contributed by atoms with Gasteiger partial charge in [0, 0.05) is 31.5 Å². The maximum Gasteiger partial charge on any atom is 0.222 e. The molecule has 1 atom stereocenters. The summed E-state index contributed by atoms with van der Waals surface area (Å²) in [4.78, 5) is 13.8. The number of rotatable bonds is 5. The van der Waals surface area contributed by atoms with Crippen LogP contribution in [0.2, 0.25) is 0 Å². The smallest absolute Gasteiger partial charge is 0.222 e. The van der Waals surface area contributed by atoms with Crippen LogP contribution < -0.4 is 0 Å². The summed E-state index contributed by atoms with van der Waals surface area (Å²) in [5.74, 6) is 0.748. The summed E-state index contributed by atoms with van der Waals surface area (Å²) in [6, 6.07) is 0.256. The maximum atomic E-state index is 11.8. The van der Waals surface area contributed by atoms with Crippen molar-refractivity contribution >= 4 is 17.5 Å². The van der Waals surface area contributed by atoms with Crippen LogP contribution in [0.4, 0.5) is 0 Å². The lowest BCUT2D eigenvalue weighted by atomic mass is 9.99. The summed E-state index contributed by atoms with van der Waals surface area (Å²) in [6.07, 6.45) is 5.31. The number of nitrogens with zero attached hydrogens (tertiary/aromatic N) is 1. The third-order valence-corrected chi connectivity index (χ3v) is 3.20. The van der Waals surface area contributed by atoms with Gasteiger partial charge < -0.3 is 10.0 Å². The van der Waals surface area contributed by atoms with E-state index < -0.39 is 0 Å². The number of aliphatic hydroxyl groups excluding tert-OH is 1. The molecule has 1 aliphatic heterocycles. The first-order valence-corrected chi connectivity index (χ1v) is 6.29. The lowest BCUT2D eigenvalue weighted by Crippen LogP contribution is -2.44. The number of amides is 1. The van der Waals surface area contributed by atoms with Crippen molar-refractivity contribution in [3.05, 3.63) is 0 Å². The van der Waals surface area contributed by atoms with Crippen LogP contribution >= 0.6 is 11.6 Å². The second kappa shape index (κ2) is 7.07. The van der Waals surface area contributed by atoms with E-state index in [1.807, 2.05) is 4.90 Å². The van der Waals surface area contributed by atoms with Crippen LogP contribution in [0.5, 0.6) is 0 Å². The van der Waals surface area contributed by atoms with Crippen LogP contribution in [0.15, 0.2) is 0 Å². The molecule has 15 heavy (non-hydrogen) atoms. The van der Waals surface area contributed by atoms with Crippen molar-refractivity contribution in [1.82, 2.24) is 4.90 Å².